The number of likely N-dealkylation sites (tertiary alicyclic amines) is 1. The highest BCUT2D eigenvalue weighted by atomic mass is 16.4. The van der Waals surface area contributed by atoms with E-state index in [9.17, 15) is 14.4 Å². The van der Waals surface area contributed by atoms with E-state index in [0.717, 1.165) is 0 Å². The van der Waals surface area contributed by atoms with Crippen LogP contribution in [0.5, 0.6) is 0 Å². The predicted octanol–water partition coefficient (Wildman–Crippen LogP) is 1.13. The third-order valence-electron chi connectivity index (χ3n) is 3.88. The van der Waals surface area contributed by atoms with E-state index in [1.54, 1.807) is 30.5 Å². The first-order valence-electron chi connectivity index (χ1n) is 7.26. The summed E-state index contributed by atoms with van der Waals surface area (Å²) in [6.07, 6.45) is 2.63. The highest BCUT2D eigenvalue weighted by molar-refractivity contribution is 5.96. The van der Waals surface area contributed by atoms with Gasteiger partial charge < -0.3 is 15.0 Å². The topological polar surface area (TPSA) is 103 Å². The van der Waals surface area contributed by atoms with E-state index < -0.39 is 23.5 Å². The first-order chi connectivity index (χ1) is 11.1. The molecule has 7 heteroatoms. The van der Waals surface area contributed by atoms with Crippen LogP contribution in [0.15, 0.2) is 41.3 Å². The number of rotatable bonds is 3. The van der Waals surface area contributed by atoms with Crippen molar-refractivity contribution in [3.05, 3.63) is 52.4 Å². The predicted molar refractivity (Wildman–Crippen MR) is 82.0 cm³/mol. The van der Waals surface area contributed by atoms with Crippen LogP contribution in [0, 0.1) is 0 Å². The first-order valence-corrected chi connectivity index (χ1v) is 7.26. The minimum atomic E-state index is -1.04. The van der Waals surface area contributed by atoms with Gasteiger partial charge in [-0.1, -0.05) is 6.07 Å². The van der Waals surface area contributed by atoms with Gasteiger partial charge in [-0.15, -0.1) is 0 Å². The minimum absolute atomic E-state index is 0.0576. The average Bonchev–Trinajstić information content (AvgIpc) is 3.05. The maximum Gasteiger partial charge on any atom is 0.326 e. The molecule has 0 saturated carbocycles. The van der Waals surface area contributed by atoms with Crippen LogP contribution in [0.1, 0.15) is 23.2 Å². The lowest BCUT2D eigenvalue weighted by Crippen LogP contribution is -2.42. The molecule has 1 aliphatic rings. The second kappa shape index (κ2) is 6.04. The van der Waals surface area contributed by atoms with Crippen molar-refractivity contribution in [3.8, 4) is 11.4 Å². The number of aromatic amines is 1. The number of carbonyl (C=O) groups is 2. The van der Waals surface area contributed by atoms with Crippen molar-refractivity contribution in [3.63, 3.8) is 0 Å². The number of nitrogens with zero attached hydrogens (tertiary/aromatic N) is 2. The van der Waals surface area contributed by atoms with Crippen LogP contribution in [0.4, 0.5) is 0 Å². The van der Waals surface area contributed by atoms with Crippen LogP contribution in [0.25, 0.3) is 11.4 Å². The summed E-state index contributed by atoms with van der Waals surface area (Å²) in [5.74, 6) is -1.60. The highest BCUT2D eigenvalue weighted by Gasteiger charge is 2.35. The smallest absolute Gasteiger partial charge is 0.326 e. The van der Waals surface area contributed by atoms with Crippen LogP contribution < -0.4 is 5.56 Å². The number of pyridine rings is 2. The Morgan fingerprint density at radius 3 is 2.74 bits per heavy atom. The molecule has 7 nitrogen and oxygen atoms in total. The van der Waals surface area contributed by atoms with Gasteiger partial charge in [0.2, 0.25) is 0 Å². The van der Waals surface area contributed by atoms with Crippen molar-refractivity contribution in [2.45, 2.75) is 18.9 Å². The molecule has 1 amide bonds. The quantitative estimate of drug-likeness (QED) is 0.884. The molecule has 1 aliphatic heterocycles. The van der Waals surface area contributed by atoms with E-state index in [4.69, 9.17) is 5.11 Å². The number of amides is 1. The van der Waals surface area contributed by atoms with Gasteiger partial charge in [0.1, 0.15) is 11.6 Å². The van der Waals surface area contributed by atoms with E-state index >= 15 is 0 Å². The Kier molecular flexibility index (Phi) is 3.92. The van der Waals surface area contributed by atoms with Gasteiger partial charge in [-0.2, -0.15) is 0 Å². The number of hydrogen-bond donors (Lipinski definition) is 2. The third-order valence-corrected chi connectivity index (χ3v) is 3.88. The van der Waals surface area contributed by atoms with E-state index in [0.29, 0.717) is 30.8 Å². The molecule has 1 unspecified atom stereocenters. The zero-order chi connectivity index (χ0) is 16.4. The van der Waals surface area contributed by atoms with Gasteiger partial charge in [0.15, 0.2) is 0 Å². The molecule has 23 heavy (non-hydrogen) atoms. The van der Waals surface area contributed by atoms with Crippen molar-refractivity contribution in [1.29, 1.82) is 0 Å². The maximum absolute atomic E-state index is 12.5. The molecule has 2 aromatic heterocycles. The van der Waals surface area contributed by atoms with Crippen LogP contribution in [0.3, 0.4) is 0 Å². The fraction of sp³-hybridized carbons (Fsp3) is 0.250. The highest BCUT2D eigenvalue weighted by Crippen LogP contribution is 2.20. The molecule has 3 heterocycles. The normalized spacial score (nSPS) is 17.2. The molecule has 118 valence electrons. The molecule has 0 aliphatic carbocycles. The van der Waals surface area contributed by atoms with Gasteiger partial charge in [0.05, 0.1) is 11.4 Å². The second-order valence-corrected chi connectivity index (χ2v) is 5.32. The standard InChI is InChI=1S/C16H15N3O4/c20-14-10(15(21)19-9-3-5-13(19)16(22)23)6-7-12(18-14)11-4-1-2-8-17-11/h1-2,4,6-8,13H,3,5,9H2,(H,18,20)(H,22,23). The summed E-state index contributed by atoms with van der Waals surface area (Å²) in [4.78, 5) is 43.9. The van der Waals surface area contributed by atoms with Crippen molar-refractivity contribution in [2.24, 2.45) is 0 Å². The Morgan fingerprint density at radius 2 is 2.09 bits per heavy atom. The number of H-pyrrole nitrogens is 1. The van der Waals surface area contributed by atoms with E-state index in [1.807, 2.05) is 0 Å². The Hall–Kier alpha value is -2.96. The van der Waals surface area contributed by atoms with Crippen LogP contribution >= 0.6 is 0 Å². The lowest BCUT2D eigenvalue weighted by molar-refractivity contribution is -0.141. The monoisotopic (exact) mass is 313 g/mol. The molecular formula is C16H15N3O4. The largest absolute Gasteiger partial charge is 0.480 e. The van der Waals surface area contributed by atoms with Gasteiger partial charge in [0.25, 0.3) is 11.5 Å². The number of carboxylic acid groups (broad SMARTS) is 1. The lowest BCUT2D eigenvalue weighted by Gasteiger charge is -2.21. The van der Waals surface area contributed by atoms with Gasteiger partial charge in [-0.25, -0.2) is 4.79 Å². The van der Waals surface area contributed by atoms with Crippen LogP contribution in [-0.4, -0.2) is 44.4 Å². The molecule has 0 aromatic carbocycles. The van der Waals surface area contributed by atoms with Crippen molar-refractivity contribution >= 4 is 11.9 Å². The molecule has 1 atom stereocenters. The second-order valence-electron chi connectivity index (χ2n) is 5.32. The summed E-state index contributed by atoms with van der Waals surface area (Å²) in [7, 11) is 0. The Morgan fingerprint density at radius 1 is 1.26 bits per heavy atom. The summed E-state index contributed by atoms with van der Waals surface area (Å²) < 4.78 is 0. The summed E-state index contributed by atoms with van der Waals surface area (Å²) in [5, 5.41) is 9.15. The molecule has 0 bridgehead atoms. The Labute approximate surface area is 131 Å². The van der Waals surface area contributed by atoms with Crippen LogP contribution in [-0.2, 0) is 4.79 Å². The molecule has 0 spiro atoms. The molecular weight excluding hydrogens is 298 g/mol. The maximum atomic E-state index is 12.5. The van der Waals surface area contributed by atoms with E-state index in [-0.39, 0.29) is 5.56 Å². The lowest BCUT2D eigenvalue weighted by atomic mass is 10.1. The molecule has 3 rings (SSSR count). The fourth-order valence-electron chi connectivity index (χ4n) is 2.73. The SMILES string of the molecule is O=C(O)C1CCCN1C(=O)c1ccc(-c2ccccn2)[nH]c1=O. The van der Waals surface area contributed by atoms with Gasteiger partial charge >= 0.3 is 5.97 Å². The van der Waals surface area contributed by atoms with Gasteiger partial charge in [0, 0.05) is 12.7 Å². The summed E-state index contributed by atoms with van der Waals surface area (Å²) in [6.45, 7) is 0.344. The first kappa shape index (κ1) is 15.0. The average molecular weight is 313 g/mol. The van der Waals surface area contributed by atoms with E-state index in [1.165, 1.54) is 11.0 Å². The molecule has 1 fully saturated rings. The number of hydrogen-bond acceptors (Lipinski definition) is 4. The Bertz CT molecular complexity index is 800. The van der Waals surface area contributed by atoms with E-state index in [2.05, 4.69) is 9.97 Å². The number of aliphatic carboxylic acids is 1. The number of nitrogens with one attached hydrogen (secondary N) is 1. The molecule has 2 N–H and O–H groups in total. The van der Waals surface area contributed by atoms with Gasteiger partial charge in [-0.05, 0) is 37.1 Å². The number of carbonyl (C=O) groups excluding carboxylic acids is 1. The zero-order valence-electron chi connectivity index (χ0n) is 12.2. The van der Waals surface area contributed by atoms with Gasteiger partial charge in [-0.3, -0.25) is 14.6 Å². The molecule has 1 saturated heterocycles. The minimum Gasteiger partial charge on any atom is -0.480 e. The third kappa shape index (κ3) is 2.85. The van der Waals surface area contributed by atoms with Crippen molar-refractivity contribution in [1.82, 2.24) is 14.9 Å². The molecule has 0 radical (unpaired) electrons. The Balaban J connectivity index is 1.91. The van der Waals surface area contributed by atoms with Crippen molar-refractivity contribution < 1.29 is 14.7 Å². The zero-order valence-corrected chi connectivity index (χ0v) is 12.2. The summed E-state index contributed by atoms with van der Waals surface area (Å²) >= 11 is 0. The summed E-state index contributed by atoms with van der Waals surface area (Å²) in [6, 6.07) is 7.46. The van der Waals surface area contributed by atoms with Crippen LogP contribution in [0.2, 0.25) is 0 Å². The summed E-state index contributed by atoms with van der Waals surface area (Å²) in [5.41, 5.74) is 0.489. The number of aromatic nitrogens is 2. The number of carboxylic acids is 1. The molecule has 2 aromatic rings. The van der Waals surface area contributed by atoms with Crippen molar-refractivity contribution in [2.75, 3.05) is 6.54 Å². The fourth-order valence-corrected chi connectivity index (χ4v) is 2.73.